The maximum Gasteiger partial charge on any atom is 0.141 e. The van der Waals surface area contributed by atoms with Crippen molar-refractivity contribution in [1.29, 1.82) is 5.26 Å². The Morgan fingerprint density at radius 3 is 1.60 bits per heavy atom. The molecule has 1 aliphatic heterocycles. The highest BCUT2D eigenvalue weighted by Crippen LogP contribution is 2.54. The molecule has 4 heteroatoms. The molecule has 0 spiro atoms. The second kappa shape index (κ2) is 9.90. The molecule has 1 aromatic heterocycles. The van der Waals surface area contributed by atoms with Crippen LogP contribution in [0.3, 0.4) is 0 Å². The number of para-hydroxylation sites is 5. The molecule has 0 saturated heterocycles. The van der Waals surface area contributed by atoms with Crippen molar-refractivity contribution in [2.45, 2.75) is 0 Å². The van der Waals surface area contributed by atoms with Crippen LogP contribution in [-0.4, -0.2) is 4.98 Å². The monoisotopic (exact) mass is 512 g/mol. The Balaban J connectivity index is 1.35. The Labute approximate surface area is 233 Å². The summed E-state index contributed by atoms with van der Waals surface area (Å²) in [6.07, 6.45) is 0. The molecule has 188 valence electrons. The molecule has 0 N–H and O–H groups in total. The van der Waals surface area contributed by atoms with Crippen LogP contribution in [0.4, 0.5) is 34.1 Å². The van der Waals surface area contributed by atoms with Gasteiger partial charge in [-0.25, -0.2) is 4.98 Å². The number of nitriles is 1. The first-order chi connectivity index (χ1) is 19.8. The molecule has 0 aliphatic carbocycles. The summed E-state index contributed by atoms with van der Waals surface area (Å²) in [6.45, 7) is 0. The minimum absolute atomic E-state index is 0.414. The molecule has 0 unspecified atom stereocenters. The SMILES string of the molecule is N#Cc1cccc(-c2cccc(-c3cccc(N4c5ccccc5N(c5ccccc5)c5ccccc54)c3)c2)n1. The normalized spacial score (nSPS) is 11.9. The van der Waals surface area contributed by atoms with Crippen LogP contribution in [0.25, 0.3) is 22.4 Å². The Morgan fingerprint density at radius 1 is 0.450 bits per heavy atom. The van der Waals surface area contributed by atoms with E-state index in [9.17, 15) is 5.26 Å². The number of aromatic nitrogens is 1. The van der Waals surface area contributed by atoms with Gasteiger partial charge in [-0.2, -0.15) is 5.26 Å². The molecule has 0 saturated carbocycles. The number of pyridine rings is 1. The molecule has 2 heterocycles. The molecular formula is C36H24N4. The molecular weight excluding hydrogens is 488 g/mol. The molecule has 5 aromatic carbocycles. The highest BCUT2D eigenvalue weighted by atomic mass is 15.3. The Hall–Kier alpha value is -5.66. The first-order valence-corrected chi connectivity index (χ1v) is 13.2. The smallest absolute Gasteiger partial charge is 0.141 e. The van der Waals surface area contributed by atoms with Crippen molar-refractivity contribution in [3.05, 3.63) is 151 Å². The van der Waals surface area contributed by atoms with E-state index in [4.69, 9.17) is 0 Å². The maximum atomic E-state index is 9.30. The van der Waals surface area contributed by atoms with Gasteiger partial charge in [0.25, 0.3) is 0 Å². The number of anilines is 6. The fraction of sp³-hybridized carbons (Fsp3) is 0. The molecule has 1 aliphatic rings. The molecule has 0 radical (unpaired) electrons. The van der Waals surface area contributed by atoms with Crippen molar-refractivity contribution in [2.24, 2.45) is 0 Å². The summed E-state index contributed by atoms with van der Waals surface area (Å²) < 4.78 is 0. The number of rotatable bonds is 4. The number of nitrogens with zero attached hydrogens (tertiary/aromatic N) is 4. The lowest BCUT2D eigenvalue weighted by Crippen LogP contribution is -2.23. The fourth-order valence-corrected chi connectivity index (χ4v) is 5.42. The minimum atomic E-state index is 0.414. The van der Waals surface area contributed by atoms with Crippen molar-refractivity contribution in [3.63, 3.8) is 0 Å². The predicted molar refractivity (Wildman–Crippen MR) is 163 cm³/mol. The van der Waals surface area contributed by atoms with Crippen LogP contribution in [0, 0.1) is 11.3 Å². The van der Waals surface area contributed by atoms with E-state index < -0.39 is 0 Å². The molecule has 7 rings (SSSR count). The van der Waals surface area contributed by atoms with E-state index in [1.54, 1.807) is 6.07 Å². The van der Waals surface area contributed by atoms with Crippen molar-refractivity contribution in [3.8, 4) is 28.5 Å². The molecule has 4 nitrogen and oxygen atoms in total. The third-order valence-electron chi connectivity index (χ3n) is 7.20. The number of benzene rings is 5. The van der Waals surface area contributed by atoms with E-state index in [-0.39, 0.29) is 0 Å². The summed E-state index contributed by atoms with van der Waals surface area (Å²) >= 11 is 0. The molecule has 0 bridgehead atoms. The predicted octanol–water partition coefficient (Wildman–Crippen LogP) is 9.54. The molecule has 0 amide bonds. The van der Waals surface area contributed by atoms with Crippen LogP contribution < -0.4 is 9.80 Å². The largest absolute Gasteiger partial charge is 0.306 e. The zero-order valence-electron chi connectivity index (χ0n) is 21.6. The molecule has 0 atom stereocenters. The van der Waals surface area contributed by atoms with Gasteiger partial charge < -0.3 is 9.80 Å². The second-order valence-electron chi connectivity index (χ2n) is 9.63. The van der Waals surface area contributed by atoms with Gasteiger partial charge in [0.15, 0.2) is 0 Å². The van der Waals surface area contributed by atoms with Gasteiger partial charge in [-0.05, 0) is 77.9 Å². The third-order valence-corrected chi connectivity index (χ3v) is 7.20. The average molecular weight is 513 g/mol. The standard InChI is InChI=1S/C36H24N4/c37-25-29-14-10-18-32(38-29)28-13-8-11-26(23-28)27-12-9-17-31(24-27)40-35-21-6-4-19-33(35)39(30-15-2-1-3-16-30)34-20-5-7-22-36(34)40/h1-24H. The van der Waals surface area contributed by atoms with Gasteiger partial charge in [-0.3, -0.25) is 0 Å². The van der Waals surface area contributed by atoms with E-state index in [2.05, 4.69) is 130 Å². The maximum absolute atomic E-state index is 9.30. The van der Waals surface area contributed by atoms with Gasteiger partial charge in [-0.1, -0.05) is 78.9 Å². The summed E-state index contributed by atoms with van der Waals surface area (Å²) in [5.74, 6) is 0. The highest BCUT2D eigenvalue weighted by Gasteiger charge is 2.30. The summed E-state index contributed by atoms with van der Waals surface area (Å²) in [6, 6.07) is 52.3. The Bertz CT molecular complexity index is 1840. The lowest BCUT2D eigenvalue weighted by molar-refractivity contribution is 1.17. The summed E-state index contributed by atoms with van der Waals surface area (Å²) in [4.78, 5) is 9.17. The van der Waals surface area contributed by atoms with Gasteiger partial charge >= 0.3 is 0 Å². The van der Waals surface area contributed by atoms with Crippen molar-refractivity contribution in [2.75, 3.05) is 9.80 Å². The summed E-state index contributed by atoms with van der Waals surface area (Å²) in [5, 5.41) is 9.30. The van der Waals surface area contributed by atoms with Gasteiger partial charge in [0.2, 0.25) is 0 Å². The van der Waals surface area contributed by atoms with Crippen LogP contribution in [0.15, 0.2) is 146 Å². The number of fused-ring (bicyclic) bond motifs is 2. The zero-order chi connectivity index (χ0) is 26.9. The Kier molecular flexibility index (Phi) is 5.81. The van der Waals surface area contributed by atoms with E-state index >= 15 is 0 Å². The quantitative estimate of drug-likeness (QED) is 0.235. The Morgan fingerprint density at radius 2 is 0.950 bits per heavy atom. The summed E-state index contributed by atoms with van der Waals surface area (Å²) in [5.41, 5.74) is 11.1. The van der Waals surface area contributed by atoms with Gasteiger partial charge in [0.05, 0.1) is 28.4 Å². The lowest BCUT2D eigenvalue weighted by atomic mass is 9.99. The minimum Gasteiger partial charge on any atom is -0.306 e. The number of hydrogen-bond acceptors (Lipinski definition) is 4. The topological polar surface area (TPSA) is 43.2 Å². The van der Waals surface area contributed by atoms with E-state index in [0.29, 0.717) is 5.69 Å². The van der Waals surface area contributed by atoms with E-state index in [0.717, 1.165) is 56.5 Å². The van der Waals surface area contributed by atoms with Crippen LogP contribution >= 0.6 is 0 Å². The van der Waals surface area contributed by atoms with Crippen LogP contribution in [0.2, 0.25) is 0 Å². The lowest BCUT2D eigenvalue weighted by Gasteiger charge is -2.40. The van der Waals surface area contributed by atoms with Crippen LogP contribution in [0.1, 0.15) is 5.69 Å². The van der Waals surface area contributed by atoms with Crippen LogP contribution in [0.5, 0.6) is 0 Å². The summed E-state index contributed by atoms with van der Waals surface area (Å²) in [7, 11) is 0. The molecule has 40 heavy (non-hydrogen) atoms. The van der Waals surface area contributed by atoms with Crippen molar-refractivity contribution in [1.82, 2.24) is 4.98 Å². The van der Waals surface area contributed by atoms with Crippen LogP contribution in [-0.2, 0) is 0 Å². The molecule has 6 aromatic rings. The van der Waals surface area contributed by atoms with Gasteiger partial charge in [0, 0.05) is 16.9 Å². The van der Waals surface area contributed by atoms with Crippen molar-refractivity contribution >= 4 is 34.1 Å². The van der Waals surface area contributed by atoms with Gasteiger partial charge in [-0.15, -0.1) is 0 Å². The fourth-order valence-electron chi connectivity index (χ4n) is 5.42. The average Bonchev–Trinajstić information content (AvgIpc) is 3.04. The van der Waals surface area contributed by atoms with Gasteiger partial charge in [0.1, 0.15) is 11.8 Å². The van der Waals surface area contributed by atoms with Crippen molar-refractivity contribution < 1.29 is 0 Å². The third kappa shape index (κ3) is 4.07. The van der Waals surface area contributed by atoms with E-state index in [1.807, 2.05) is 30.3 Å². The second-order valence-corrected chi connectivity index (χ2v) is 9.63. The molecule has 0 fully saturated rings. The zero-order valence-corrected chi connectivity index (χ0v) is 21.6. The van der Waals surface area contributed by atoms with E-state index in [1.165, 1.54) is 0 Å². The first kappa shape index (κ1) is 23.5. The first-order valence-electron chi connectivity index (χ1n) is 13.2. The number of hydrogen-bond donors (Lipinski definition) is 0. The highest BCUT2D eigenvalue weighted by molar-refractivity contribution is 6.01.